The number of rotatable bonds is 5. The SMILES string of the molecule is Cc1ccc(NC(=O)c2cccc(OCc3cn4ccccc4n3)c2)cc1C. The lowest BCUT2D eigenvalue weighted by Gasteiger charge is -2.09. The summed E-state index contributed by atoms with van der Waals surface area (Å²) in [5.74, 6) is 0.464. The molecule has 5 nitrogen and oxygen atoms in total. The molecule has 0 atom stereocenters. The van der Waals surface area contributed by atoms with E-state index in [2.05, 4.69) is 10.3 Å². The number of carbonyl (C=O) groups is 1. The molecule has 1 N–H and O–H groups in total. The van der Waals surface area contributed by atoms with Gasteiger partial charge in [0.15, 0.2) is 0 Å². The van der Waals surface area contributed by atoms with Crippen LogP contribution in [0.1, 0.15) is 27.2 Å². The van der Waals surface area contributed by atoms with Crippen molar-refractivity contribution in [2.45, 2.75) is 20.5 Å². The van der Waals surface area contributed by atoms with Gasteiger partial charge in [-0.05, 0) is 67.4 Å². The third-order valence-corrected chi connectivity index (χ3v) is 4.66. The molecule has 140 valence electrons. The average Bonchev–Trinajstić information content (AvgIpc) is 3.12. The molecular formula is C23H21N3O2. The molecule has 4 aromatic rings. The Labute approximate surface area is 163 Å². The number of hydrogen-bond donors (Lipinski definition) is 1. The Morgan fingerprint density at radius 1 is 1.04 bits per heavy atom. The Hall–Kier alpha value is -3.60. The number of aromatic nitrogens is 2. The first-order chi connectivity index (χ1) is 13.6. The van der Waals surface area contributed by atoms with E-state index in [-0.39, 0.29) is 5.91 Å². The number of amides is 1. The van der Waals surface area contributed by atoms with Crippen LogP contribution >= 0.6 is 0 Å². The number of aryl methyl sites for hydroxylation is 2. The molecule has 0 bridgehead atoms. The number of fused-ring (bicyclic) bond motifs is 1. The first kappa shape index (κ1) is 17.8. The summed E-state index contributed by atoms with van der Waals surface area (Å²) in [7, 11) is 0. The van der Waals surface area contributed by atoms with Gasteiger partial charge in [0.25, 0.3) is 5.91 Å². The number of nitrogens with zero attached hydrogens (tertiary/aromatic N) is 2. The van der Waals surface area contributed by atoms with Gasteiger partial charge in [0.05, 0.1) is 5.69 Å². The molecule has 1 amide bonds. The van der Waals surface area contributed by atoms with E-state index < -0.39 is 0 Å². The Morgan fingerprint density at radius 2 is 1.93 bits per heavy atom. The predicted octanol–water partition coefficient (Wildman–Crippen LogP) is 4.78. The highest BCUT2D eigenvalue weighted by atomic mass is 16.5. The van der Waals surface area contributed by atoms with Crippen LogP contribution in [0.3, 0.4) is 0 Å². The van der Waals surface area contributed by atoms with Crippen molar-refractivity contribution >= 4 is 17.2 Å². The van der Waals surface area contributed by atoms with Crippen LogP contribution in [0.15, 0.2) is 73.1 Å². The largest absolute Gasteiger partial charge is 0.487 e. The quantitative estimate of drug-likeness (QED) is 0.549. The van der Waals surface area contributed by atoms with Gasteiger partial charge in [-0.25, -0.2) is 4.98 Å². The van der Waals surface area contributed by atoms with Crippen LogP contribution in [0.5, 0.6) is 5.75 Å². The van der Waals surface area contributed by atoms with Crippen LogP contribution in [0.25, 0.3) is 5.65 Å². The minimum absolute atomic E-state index is 0.165. The van der Waals surface area contributed by atoms with Gasteiger partial charge in [-0.15, -0.1) is 0 Å². The highest BCUT2D eigenvalue weighted by molar-refractivity contribution is 6.04. The molecule has 0 spiro atoms. The summed E-state index contributed by atoms with van der Waals surface area (Å²) < 4.78 is 7.79. The maximum atomic E-state index is 12.6. The molecule has 2 heterocycles. The number of hydrogen-bond acceptors (Lipinski definition) is 3. The highest BCUT2D eigenvalue weighted by Gasteiger charge is 2.09. The molecule has 28 heavy (non-hydrogen) atoms. The topological polar surface area (TPSA) is 55.6 Å². The molecule has 2 aromatic carbocycles. The van der Waals surface area contributed by atoms with Crippen molar-refractivity contribution < 1.29 is 9.53 Å². The smallest absolute Gasteiger partial charge is 0.255 e. The van der Waals surface area contributed by atoms with Crippen molar-refractivity contribution in [3.8, 4) is 5.75 Å². The van der Waals surface area contributed by atoms with Crippen molar-refractivity contribution in [2.75, 3.05) is 5.32 Å². The van der Waals surface area contributed by atoms with E-state index in [0.29, 0.717) is 17.9 Å². The van der Waals surface area contributed by atoms with E-state index >= 15 is 0 Å². The summed E-state index contributed by atoms with van der Waals surface area (Å²) in [6.07, 6.45) is 3.88. The Bertz CT molecular complexity index is 1110. The third-order valence-electron chi connectivity index (χ3n) is 4.66. The number of anilines is 1. The summed E-state index contributed by atoms with van der Waals surface area (Å²) in [4.78, 5) is 17.1. The molecule has 0 fully saturated rings. The van der Waals surface area contributed by atoms with Crippen LogP contribution in [0, 0.1) is 13.8 Å². The fourth-order valence-electron chi connectivity index (χ4n) is 2.96. The van der Waals surface area contributed by atoms with E-state index in [1.807, 2.05) is 79.2 Å². The molecular weight excluding hydrogens is 350 g/mol. The second-order valence-electron chi connectivity index (χ2n) is 6.77. The van der Waals surface area contributed by atoms with Gasteiger partial charge in [0.2, 0.25) is 0 Å². The normalized spacial score (nSPS) is 10.8. The van der Waals surface area contributed by atoms with Crippen molar-refractivity contribution in [3.63, 3.8) is 0 Å². The van der Waals surface area contributed by atoms with Crippen molar-refractivity contribution in [1.29, 1.82) is 0 Å². The van der Waals surface area contributed by atoms with Crippen molar-refractivity contribution in [3.05, 3.63) is 95.4 Å². The van der Waals surface area contributed by atoms with E-state index in [1.54, 1.807) is 12.1 Å². The zero-order chi connectivity index (χ0) is 19.5. The fourth-order valence-corrected chi connectivity index (χ4v) is 2.96. The lowest BCUT2D eigenvalue weighted by Crippen LogP contribution is -2.12. The van der Waals surface area contributed by atoms with E-state index in [0.717, 1.165) is 22.6 Å². The lowest BCUT2D eigenvalue weighted by atomic mass is 10.1. The average molecular weight is 371 g/mol. The van der Waals surface area contributed by atoms with Crippen molar-refractivity contribution in [2.24, 2.45) is 0 Å². The number of benzene rings is 2. The summed E-state index contributed by atoms with van der Waals surface area (Å²) in [5.41, 5.74) is 5.37. The Kier molecular flexibility index (Phi) is 4.81. The minimum atomic E-state index is -0.165. The molecule has 2 aromatic heterocycles. The first-order valence-corrected chi connectivity index (χ1v) is 9.12. The number of carbonyl (C=O) groups excluding carboxylic acids is 1. The van der Waals surface area contributed by atoms with Crippen LogP contribution in [-0.2, 0) is 6.61 Å². The van der Waals surface area contributed by atoms with Crippen LogP contribution < -0.4 is 10.1 Å². The molecule has 4 rings (SSSR count). The van der Waals surface area contributed by atoms with E-state index in [1.165, 1.54) is 5.56 Å². The number of nitrogens with one attached hydrogen (secondary N) is 1. The molecule has 0 unspecified atom stereocenters. The molecule has 0 aliphatic rings. The number of pyridine rings is 1. The van der Waals surface area contributed by atoms with Crippen molar-refractivity contribution in [1.82, 2.24) is 9.38 Å². The van der Waals surface area contributed by atoms with E-state index in [9.17, 15) is 4.79 Å². The molecule has 0 saturated heterocycles. The Morgan fingerprint density at radius 3 is 2.75 bits per heavy atom. The van der Waals surface area contributed by atoms with Gasteiger partial charge < -0.3 is 14.5 Å². The summed E-state index contributed by atoms with van der Waals surface area (Å²) in [6, 6.07) is 18.9. The summed E-state index contributed by atoms with van der Waals surface area (Å²) in [6.45, 7) is 4.41. The zero-order valence-corrected chi connectivity index (χ0v) is 15.8. The predicted molar refractivity (Wildman–Crippen MR) is 110 cm³/mol. The number of imidazole rings is 1. The van der Waals surface area contributed by atoms with Gasteiger partial charge in [-0.1, -0.05) is 18.2 Å². The van der Waals surface area contributed by atoms with Crippen LogP contribution in [0.2, 0.25) is 0 Å². The first-order valence-electron chi connectivity index (χ1n) is 9.12. The van der Waals surface area contributed by atoms with E-state index in [4.69, 9.17) is 4.74 Å². The molecule has 5 heteroatoms. The Balaban J connectivity index is 1.44. The summed E-state index contributed by atoms with van der Waals surface area (Å²) in [5, 5.41) is 2.93. The highest BCUT2D eigenvalue weighted by Crippen LogP contribution is 2.18. The molecule has 0 radical (unpaired) electrons. The fraction of sp³-hybridized carbons (Fsp3) is 0.130. The maximum Gasteiger partial charge on any atom is 0.255 e. The van der Waals surface area contributed by atoms with Crippen LogP contribution in [0.4, 0.5) is 5.69 Å². The van der Waals surface area contributed by atoms with Gasteiger partial charge in [0.1, 0.15) is 18.0 Å². The third kappa shape index (κ3) is 3.88. The monoisotopic (exact) mass is 371 g/mol. The molecule has 0 aliphatic heterocycles. The molecule has 0 aliphatic carbocycles. The second-order valence-corrected chi connectivity index (χ2v) is 6.77. The summed E-state index contributed by atoms with van der Waals surface area (Å²) >= 11 is 0. The lowest BCUT2D eigenvalue weighted by molar-refractivity contribution is 0.102. The van der Waals surface area contributed by atoms with Gasteiger partial charge in [-0.3, -0.25) is 4.79 Å². The molecule has 0 saturated carbocycles. The maximum absolute atomic E-state index is 12.6. The van der Waals surface area contributed by atoms with Gasteiger partial charge >= 0.3 is 0 Å². The standard InChI is InChI=1S/C23H21N3O2/c1-16-9-10-19(12-17(16)2)25-23(27)18-6-5-7-21(13-18)28-15-20-14-26-11-4-3-8-22(26)24-20/h3-14H,15H2,1-2H3,(H,25,27). The van der Waals surface area contributed by atoms with Gasteiger partial charge in [-0.2, -0.15) is 0 Å². The van der Waals surface area contributed by atoms with Gasteiger partial charge in [0, 0.05) is 23.6 Å². The zero-order valence-electron chi connectivity index (χ0n) is 15.8. The minimum Gasteiger partial charge on any atom is -0.487 e. The second kappa shape index (κ2) is 7.56. The number of ether oxygens (including phenoxy) is 1. The van der Waals surface area contributed by atoms with Crippen LogP contribution in [-0.4, -0.2) is 15.3 Å².